The summed E-state index contributed by atoms with van der Waals surface area (Å²) in [5, 5.41) is 6.79. The van der Waals surface area contributed by atoms with Crippen LogP contribution in [0.25, 0.3) is 0 Å². The Morgan fingerprint density at radius 3 is 2.75 bits per heavy atom. The number of para-hydroxylation sites is 1. The van der Waals surface area contributed by atoms with Gasteiger partial charge in [-0.25, -0.2) is 4.68 Å². The number of halogens is 1. The van der Waals surface area contributed by atoms with Gasteiger partial charge >= 0.3 is 0 Å². The Hall–Kier alpha value is -2.34. The van der Waals surface area contributed by atoms with E-state index in [1.54, 1.807) is 0 Å². The van der Waals surface area contributed by atoms with Crippen molar-refractivity contribution in [3.05, 3.63) is 50.9 Å². The van der Waals surface area contributed by atoms with Crippen LogP contribution in [0, 0.1) is 6.92 Å². The molecule has 2 aromatic rings. The van der Waals surface area contributed by atoms with Gasteiger partial charge in [0, 0.05) is 5.69 Å². The van der Waals surface area contributed by atoms with Crippen molar-refractivity contribution in [3.8, 4) is 5.75 Å². The molecule has 1 aromatic heterocycles. The van der Waals surface area contributed by atoms with E-state index >= 15 is 0 Å². The highest BCUT2D eigenvalue weighted by atomic mass is 35.5. The summed E-state index contributed by atoms with van der Waals surface area (Å²) < 4.78 is 5.94. The van der Waals surface area contributed by atoms with E-state index in [9.17, 15) is 9.59 Å². The largest absolute Gasteiger partial charge is 0.493 e. The second kappa shape index (κ2) is 7.49. The molecule has 0 fully saturated rings. The molecule has 0 atom stereocenters. The Morgan fingerprint density at radius 1 is 1.42 bits per heavy atom. The minimum absolute atomic E-state index is 0.0312. The van der Waals surface area contributed by atoms with Crippen molar-refractivity contribution >= 4 is 23.2 Å². The highest BCUT2D eigenvalue weighted by Gasteiger charge is 2.14. The zero-order valence-electron chi connectivity index (χ0n) is 14.1. The predicted molar refractivity (Wildman–Crippen MR) is 94.0 cm³/mol. The van der Waals surface area contributed by atoms with Crippen molar-refractivity contribution in [2.24, 2.45) is 0 Å². The van der Waals surface area contributed by atoms with Gasteiger partial charge in [-0.3, -0.25) is 9.59 Å². The molecule has 24 heavy (non-hydrogen) atoms. The summed E-state index contributed by atoms with van der Waals surface area (Å²) >= 11 is 5.91. The molecular weight excluding hydrogens is 330 g/mol. The number of rotatable bonds is 5. The van der Waals surface area contributed by atoms with Crippen LogP contribution < -0.4 is 15.6 Å². The third-order valence-electron chi connectivity index (χ3n) is 3.63. The van der Waals surface area contributed by atoms with Crippen LogP contribution in [-0.2, 0) is 11.3 Å². The van der Waals surface area contributed by atoms with Crippen LogP contribution in [0.2, 0.25) is 5.15 Å². The van der Waals surface area contributed by atoms with Crippen LogP contribution in [-0.4, -0.2) is 22.8 Å². The van der Waals surface area contributed by atoms with E-state index in [-0.39, 0.29) is 29.3 Å². The van der Waals surface area contributed by atoms with Gasteiger partial charge in [-0.2, -0.15) is 5.10 Å². The fourth-order valence-corrected chi connectivity index (χ4v) is 2.59. The molecule has 0 saturated carbocycles. The Morgan fingerprint density at radius 2 is 2.12 bits per heavy atom. The SMILES string of the molecule is COc1cc(=O)n(CC(=O)Nc2c(C)cccc2C(C)C)nc1Cl. The number of anilines is 1. The fraction of sp³-hybridized carbons (Fsp3) is 0.353. The third kappa shape index (κ3) is 3.94. The smallest absolute Gasteiger partial charge is 0.271 e. The van der Waals surface area contributed by atoms with Gasteiger partial charge in [0.05, 0.1) is 13.2 Å². The number of methoxy groups -OCH3 is 1. The third-order valence-corrected chi connectivity index (χ3v) is 3.89. The Kier molecular flexibility index (Phi) is 5.62. The zero-order chi connectivity index (χ0) is 17.9. The lowest BCUT2D eigenvalue weighted by Crippen LogP contribution is -2.29. The van der Waals surface area contributed by atoms with Crippen LogP contribution in [0.5, 0.6) is 5.75 Å². The molecule has 0 radical (unpaired) electrons. The van der Waals surface area contributed by atoms with E-state index in [0.717, 1.165) is 21.5 Å². The number of carbonyl (C=O) groups excluding carboxylic acids is 1. The molecule has 1 amide bonds. The molecule has 0 aliphatic rings. The number of hydrogen-bond acceptors (Lipinski definition) is 4. The molecule has 0 aliphatic carbocycles. The molecular formula is C17H20ClN3O3. The predicted octanol–water partition coefficient (Wildman–Crippen LogP) is 2.98. The lowest BCUT2D eigenvalue weighted by Gasteiger charge is -2.16. The second-order valence-electron chi connectivity index (χ2n) is 5.74. The first-order valence-corrected chi connectivity index (χ1v) is 7.92. The first-order valence-electron chi connectivity index (χ1n) is 7.54. The maximum atomic E-state index is 12.3. The summed E-state index contributed by atoms with van der Waals surface area (Å²) in [7, 11) is 1.39. The number of hydrogen-bond donors (Lipinski definition) is 1. The molecule has 1 N–H and O–H groups in total. The van der Waals surface area contributed by atoms with Gasteiger partial charge in [0.2, 0.25) is 5.91 Å². The number of aromatic nitrogens is 2. The van der Waals surface area contributed by atoms with Gasteiger partial charge in [-0.15, -0.1) is 0 Å². The Bertz CT molecular complexity index is 815. The van der Waals surface area contributed by atoms with Gasteiger partial charge in [-0.05, 0) is 24.0 Å². The van der Waals surface area contributed by atoms with Crippen molar-refractivity contribution in [2.75, 3.05) is 12.4 Å². The van der Waals surface area contributed by atoms with Gasteiger partial charge in [0.15, 0.2) is 10.9 Å². The lowest BCUT2D eigenvalue weighted by atomic mass is 9.98. The van der Waals surface area contributed by atoms with E-state index in [2.05, 4.69) is 24.3 Å². The van der Waals surface area contributed by atoms with Crippen molar-refractivity contribution in [1.82, 2.24) is 9.78 Å². The molecule has 0 aliphatic heterocycles. The molecule has 0 spiro atoms. The van der Waals surface area contributed by atoms with Crippen molar-refractivity contribution in [1.29, 1.82) is 0 Å². The van der Waals surface area contributed by atoms with Gasteiger partial charge < -0.3 is 10.1 Å². The number of nitrogens with zero attached hydrogens (tertiary/aromatic N) is 2. The summed E-state index contributed by atoms with van der Waals surface area (Å²) in [6.45, 7) is 5.81. The summed E-state index contributed by atoms with van der Waals surface area (Å²) in [4.78, 5) is 24.3. The lowest BCUT2D eigenvalue weighted by molar-refractivity contribution is -0.117. The van der Waals surface area contributed by atoms with Crippen molar-refractivity contribution < 1.29 is 9.53 Å². The topological polar surface area (TPSA) is 73.2 Å². The Balaban J connectivity index is 2.24. The highest BCUT2D eigenvalue weighted by Crippen LogP contribution is 2.27. The second-order valence-corrected chi connectivity index (χ2v) is 6.10. The maximum absolute atomic E-state index is 12.3. The quantitative estimate of drug-likeness (QED) is 0.900. The first kappa shape index (κ1) is 18.0. The van der Waals surface area contributed by atoms with Gasteiger partial charge in [0.1, 0.15) is 6.54 Å². The number of ether oxygens (including phenoxy) is 1. The molecule has 6 nitrogen and oxygen atoms in total. The molecule has 128 valence electrons. The van der Waals surface area contributed by atoms with Crippen LogP contribution in [0.15, 0.2) is 29.1 Å². The molecule has 0 unspecified atom stereocenters. The number of benzene rings is 1. The standard InChI is InChI=1S/C17H20ClN3O3/c1-10(2)12-7-5-6-11(3)16(12)19-14(22)9-21-15(23)8-13(24-4)17(18)20-21/h5-8,10H,9H2,1-4H3,(H,19,22). The molecule has 1 heterocycles. The summed E-state index contributed by atoms with van der Waals surface area (Å²) in [6.07, 6.45) is 0. The molecule has 0 saturated heterocycles. The van der Waals surface area contributed by atoms with E-state index in [1.165, 1.54) is 13.2 Å². The number of aryl methyl sites for hydroxylation is 1. The number of nitrogens with one attached hydrogen (secondary N) is 1. The van der Waals surface area contributed by atoms with E-state index < -0.39 is 5.56 Å². The van der Waals surface area contributed by atoms with Crippen molar-refractivity contribution in [3.63, 3.8) is 0 Å². The molecule has 0 bridgehead atoms. The van der Waals surface area contributed by atoms with E-state index in [0.29, 0.717) is 0 Å². The van der Waals surface area contributed by atoms with Crippen LogP contribution in [0.3, 0.4) is 0 Å². The van der Waals surface area contributed by atoms with Gasteiger partial charge in [0.25, 0.3) is 5.56 Å². The van der Waals surface area contributed by atoms with Gasteiger partial charge in [-0.1, -0.05) is 43.6 Å². The summed E-state index contributed by atoms with van der Waals surface area (Å²) in [5.74, 6) is 0.0952. The van der Waals surface area contributed by atoms with E-state index in [1.807, 2.05) is 25.1 Å². The molecule has 1 aromatic carbocycles. The van der Waals surface area contributed by atoms with Crippen molar-refractivity contribution in [2.45, 2.75) is 33.2 Å². The molecule has 7 heteroatoms. The maximum Gasteiger partial charge on any atom is 0.271 e. The molecule has 2 rings (SSSR count). The average molecular weight is 350 g/mol. The number of carbonyl (C=O) groups is 1. The minimum atomic E-state index is -0.458. The van der Waals surface area contributed by atoms with E-state index in [4.69, 9.17) is 16.3 Å². The monoisotopic (exact) mass is 349 g/mol. The minimum Gasteiger partial charge on any atom is -0.493 e. The summed E-state index contributed by atoms with van der Waals surface area (Å²) in [5.41, 5.74) is 2.31. The Labute approximate surface area is 145 Å². The average Bonchev–Trinajstić information content (AvgIpc) is 2.52. The summed E-state index contributed by atoms with van der Waals surface area (Å²) in [6, 6.07) is 7.06. The van der Waals surface area contributed by atoms with Crippen LogP contribution >= 0.6 is 11.6 Å². The van der Waals surface area contributed by atoms with Crippen LogP contribution in [0.1, 0.15) is 30.9 Å². The normalized spacial score (nSPS) is 10.8. The fourth-order valence-electron chi connectivity index (χ4n) is 2.36. The van der Waals surface area contributed by atoms with Crippen LogP contribution in [0.4, 0.5) is 5.69 Å². The highest BCUT2D eigenvalue weighted by molar-refractivity contribution is 6.30. The zero-order valence-corrected chi connectivity index (χ0v) is 14.8. The number of amides is 1. The first-order chi connectivity index (χ1) is 11.3.